The van der Waals surface area contributed by atoms with Crippen LogP contribution in [0.5, 0.6) is 0 Å². The van der Waals surface area contributed by atoms with Gasteiger partial charge in [-0.3, -0.25) is 4.79 Å². The van der Waals surface area contributed by atoms with E-state index in [0.717, 1.165) is 43.5 Å². The van der Waals surface area contributed by atoms with E-state index >= 15 is 0 Å². The lowest BCUT2D eigenvalue weighted by atomic mass is 9.91. The molecular weight excluding hydrogens is 310 g/mol. The molecule has 0 aromatic heterocycles. The monoisotopic (exact) mass is 333 g/mol. The molecule has 0 aliphatic carbocycles. The van der Waals surface area contributed by atoms with Crippen LogP contribution in [-0.2, 0) is 6.54 Å². The van der Waals surface area contributed by atoms with Gasteiger partial charge in [0.25, 0.3) is 5.91 Å². The molecule has 0 spiro atoms. The minimum atomic E-state index is 0.0933. The van der Waals surface area contributed by atoms with E-state index in [2.05, 4.69) is 6.07 Å². The lowest BCUT2D eigenvalue weighted by molar-refractivity contribution is 0.0761. The van der Waals surface area contributed by atoms with Crippen molar-refractivity contribution in [2.75, 3.05) is 13.1 Å². The number of rotatable bonds is 3. The second-order valence-corrected chi connectivity index (χ2v) is 6.56. The molecule has 4 nitrogen and oxygen atoms in total. The number of carbonyl (C=O) groups excluding carboxylic acids is 1. The topological polar surface area (TPSA) is 70.1 Å². The fourth-order valence-electron chi connectivity index (χ4n) is 3.48. The normalized spacial score (nSPS) is 17.6. The van der Waals surface area contributed by atoms with Crippen molar-refractivity contribution in [3.63, 3.8) is 0 Å². The van der Waals surface area contributed by atoms with Crippen LogP contribution in [0, 0.1) is 11.3 Å². The van der Waals surface area contributed by atoms with Gasteiger partial charge in [-0.05, 0) is 60.6 Å². The molecule has 2 N–H and O–H groups in total. The van der Waals surface area contributed by atoms with Crippen molar-refractivity contribution in [3.05, 3.63) is 70.8 Å². The SMILES string of the molecule is N#Cc1ccc(C2CCCN(C(=O)c3cccc(CN)c3)CC2)cc1. The Bertz CT molecular complexity index is 776. The van der Waals surface area contributed by atoms with Crippen molar-refractivity contribution in [1.29, 1.82) is 5.26 Å². The first kappa shape index (κ1) is 17.2. The molecule has 3 rings (SSSR count). The Balaban J connectivity index is 1.68. The molecule has 1 unspecified atom stereocenters. The van der Waals surface area contributed by atoms with Crippen LogP contribution in [0.3, 0.4) is 0 Å². The lowest BCUT2D eigenvalue weighted by Crippen LogP contribution is -2.32. The summed E-state index contributed by atoms with van der Waals surface area (Å²) in [6, 6.07) is 17.6. The number of likely N-dealkylation sites (tertiary alicyclic amines) is 1. The molecule has 4 heteroatoms. The summed E-state index contributed by atoms with van der Waals surface area (Å²) in [6.07, 6.45) is 3.01. The van der Waals surface area contributed by atoms with E-state index < -0.39 is 0 Å². The van der Waals surface area contributed by atoms with Gasteiger partial charge < -0.3 is 10.6 Å². The van der Waals surface area contributed by atoms with Crippen LogP contribution in [0.1, 0.15) is 52.2 Å². The smallest absolute Gasteiger partial charge is 0.253 e. The molecule has 0 radical (unpaired) electrons. The van der Waals surface area contributed by atoms with Crippen LogP contribution in [0.15, 0.2) is 48.5 Å². The summed E-state index contributed by atoms with van der Waals surface area (Å²) in [7, 11) is 0. The highest BCUT2D eigenvalue weighted by Crippen LogP contribution is 2.28. The summed E-state index contributed by atoms with van der Waals surface area (Å²) >= 11 is 0. The zero-order valence-electron chi connectivity index (χ0n) is 14.3. The second kappa shape index (κ2) is 7.96. The summed E-state index contributed by atoms with van der Waals surface area (Å²) in [4.78, 5) is 14.8. The molecule has 25 heavy (non-hydrogen) atoms. The molecule has 2 aromatic carbocycles. The van der Waals surface area contributed by atoms with E-state index in [1.807, 2.05) is 53.4 Å². The molecule has 1 aliphatic heterocycles. The molecule has 128 valence electrons. The van der Waals surface area contributed by atoms with E-state index in [4.69, 9.17) is 11.0 Å². The highest BCUT2D eigenvalue weighted by atomic mass is 16.2. The van der Waals surface area contributed by atoms with Crippen molar-refractivity contribution < 1.29 is 4.79 Å². The number of benzene rings is 2. The third-order valence-corrected chi connectivity index (χ3v) is 4.94. The summed E-state index contributed by atoms with van der Waals surface area (Å²) in [5, 5.41) is 8.92. The number of nitrogens with zero attached hydrogens (tertiary/aromatic N) is 2. The lowest BCUT2D eigenvalue weighted by Gasteiger charge is -2.21. The largest absolute Gasteiger partial charge is 0.339 e. The molecule has 0 saturated carbocycles. The van der Waals surface area contributed by atoms with Gasteiger partial charge in [-0.1, -0.05) is 24.3 Å². The van der Waals surface area contributed by atoms with E-state index in [-0.39, 0.29) is 5.91 Å². The van der Waals surface area contributed by atoms with Crippen LogP contribution >= 0.6 is 0 Å². The van der Waals surface area contributed by atoms with Crippen molar-refractivity contribution in [2.45, 2.75) is 31.7 Å². The average Bonchev–Trinajstić information content (AvgIpc) is 2.94. The van der Waals surface area contributed by atoms with Crippen LogP contribution < -0.4 is 5.73 Å². The predicted molar refractivity (Wildman–Crippen MR) is 98.0 cm³/mol. The summed E-state index contributed by atoms with van der Waals surface area (Å²) in [5.41, 5.74) is 9.34. The Morgan fingerprint density at radius 3 is 2.68 bits per heavy atom. The minimum absolute atomic E-state index is 0.0933. The van der Waals surface area contributed by atoms with Gasteiger partial charge in [-0.2, -0.15) is 5.26 Å². The first-order chi connectivity index (χ1) is 12.2. The van der Waals surface area contributed by atoms with Crippen molar-refractivity contribution in [3.8, 4) is 6.07 Å². The van der Waals surface area contributed by atoms with Crippen molar-refractivity contribution in [1.82, 2.24) is 4.90 Å². The number of amides is 1. The highest BCUT2D eigenvalue weighted by molar-refractivity contribution is 5.94. The average molecular weight is 333 g/mol. The van der Waals surface area contributed by atoms with Gasteiger partial charge in [0.05, 0.1) is 11.6 Å². The van der Waals surface area contributed by atoms with Crippen LogP contribution in [0.25, 0.3) is 0 Å². The number of hydrogen-bond acceptors (Lipinski definition) is 3. The Labute approximate surface area is 148 Å². The molecule has 0 bridgehead atoms. The Hall–Kier alpha value is -2.64. The van der Waals surface area contributed by atoms with E-state index in [1.165, 1.54) is 5.56 Å². The maximum absolute atomic E-state index is 12.8. The summed E-state index contributed by atoms with van der Waals surface area (Å²) in [6.45, 7) is 2.00. The van der Waals surface area contributed by atoms with E-state index in [9.17, 15) is 4.79 Å². The zero-order valence-corrected chi connectivity index (χ0v) is 14.3. The molecule has 1 fully saturated rings. The van der Waals surface area contributed by atoms with Gasteiger partial charge >= 0.3 is 0 Å². The Morgan fingerprint density at radius 2 is 1.96 bits per heavy atom. The molecular formula is C21H23N3O. The number of nitriles is 1. The van der Waals surface area contributed by atoms with Gasteiger partial charge in [0.2, 0.25) is 0 Å². The molecule has 1 heterocycles. The van der Waals surface area contributed by atoms with Gasteiger partial charge in [-0.25, -0.2) is 0 Å². The molecule has 1 amide bonds. The zero-order chi connectivity index (χ0) is 17.6. The Morgan fingerprint density at radius 1 is 1.16 bits per heavy atom. The third kappa shape index (κ3) is 4.07. The number of nitrogens with two attached hydrogens (primary N) is 1. The van der Waals surface area contributed by atoms with Crippen LogP contribution in [0.2, 0.25) is 0 Å². The number of hydrogen-bond donors (Lipinski definition) is 1. The predicted octanol–water partition coefficient (Wildman–Crippen LogP) is 3.43. The van der Waals surface area contributed by atoms with Gasteiger partial charge in [-0.15, -0.1) is 0 Å². The van der Waals surface area contributed by atoms with Gasteiger partial charge in [0.1, 0.15) is 0 Å². The first-order valence-electron chi connectivity index (χ1n) is 8.79. The first-order valence-corrected chi connectivity index (χ1v) is 8.79. The minimum Gasteiger partial charge on any atom is -0.339 e. The molecule has 2 aromatic rings. The van der Waals surface area contributed by atoms with Crippen LogP contribution in [-0.4, -0.2) is 23.9 Å². The van der Waals surface area contributed by atoms with Crippen molar-refractivity contribution in [2.24, 2.45) is 5.73 Å². The van der Waals surface area contributed by atoms with Gasteiger partial charge in [0.15, 0.2) is 0 Å². The highest BCUT2D eigenvalue weighted by Gasteiger charge is 2.22. The Kier molecular flexibility index (Phi) is 5.47. The van der Waals surface area contributed by atoms with Crippen molar-refractivity contribution >= 4 is 5.91 Å². The second-order valence-electron chi connectivity index (χ2n) is 6.56. The molecule has 1 aliphatic rings. The van der Waals surface area contributed by atoms with Gasteiger partial charge in [0, 0.05) is 25.2 Å². The molecule has 1 saturated heterocycles. The maximum Gasteiger partial charge on any atom is 0.253 e. The standard InChI is InChI=1S/C21H23N3O/c22-14-16-6-8-19(9-7-16)18-5-2-11-24(12-10-18)21(25)20-4-1-3-17(13-20)15-23/h1,3-4,6-9,13,18H,2,5,10-12,15,23H2. The summed E-state index contributed by atoms with van der Waals surface area (Å²) < 4.78 is 0. The molecule has 1 atom stereocenters. The fourth-order valence-corrected chi connectivity index (χ4v) is 3.48. The van der Waals surface area contributed by atoms with E-state index in [1.54, 1.807) is 0 Å². The maximum atomic E-state index is 12.8. The van der Waals surface area contributed by atoms with E-state index in [0.29, 0.717) is 18.0 Å². The summed E-state index contributed by atoms with van der Waals surface area (Å²) in [5.74, 6) is 0.539. The quantitative estimate of drug-likeness (QED) is 0.935. The number of carbonyl (C=O) groups is 1. The van der Waals surface area contributed by atoms with Crippen LogP contribution in [0.4, 0.5) is 0 Å². The fraction of sp³-hybridized carbons (Fsp3) is 0.333. The third-order valence-electron chi connectivity index (χ3n) is 4.94.